The van der Waals surface area contributed by atoms with Crippen LogP contribution in [0.4, 0.5) is 5.69 Å². The molecule has 0 spiro atoms. The van der Waals surface area contributed by atoms with E-state index in [1.54, 1.807) is 0 Å². The molecule has 21 heavy (non-hydrogen) atoms. The number of amides is 1. The van der Waals surface area contributed by atoms with Crippen molar-refractivity contribution in [3.05, 3.63) is 30.3 Å². The quantitative estimate of drug-likeness (QED) is 0.828. The predicted molar refractivity (Wildman–Crippen MR) is 87.3 cm³/mol. The summed E-state index contributed by atoms with van der Waals surface area (Å²) in [5.74, 6) is -0.0547. The molecule has 0 aromatic heterocycles. The molecule has 2 rings (SSSR count). The van der Waals surface area contributed by atoms with E-state index in [-0.39, 0.29) is 18.6 Å². The molecule has 1 saturated heterocycles. The molecular weight excluding hydrogens is 286 g/mol. The van der Waals surface area contributed by atoms with E-state index in [2.05, 4.69) is 15.5 Å². The Kier molecular flexibility index (Phi) is 5.95. The van der Waals surface area contributed by atoms with E-state index in [4.69, 9.17) is 17.0 Å². The van der Waals surface area contributed by atoms with Crippen molar-refractivity contribution in [1.29, 1.82) is 0 Å². The number of ether oxygens (including phenoxy) is 1. The molecule has 0 atom stereocenters. The molecule has 1 aromatic carbocycles. The summed E-state index contributed by atoms with van der Waals surface area (Å²) < 4.78 is 4.82. The Morgan fingerprint density at radius 2 is 2.00 bits per heavy atom. The molecule has 1 heterocycles. The largest absolute Gasteiger partial charge is 0.375 e. The molecule has 1 aromatic rings. The van der Waals surface area contributed by atoms with Crippen LogP contribution in [0.2, 0.25) is 0 Å². The summed E-state index contributed by atoms with van der Waals surface area (Å²) >= 11 is 5.43. The van der Waals surface area contributed by atoms with Crippen LogP contribution in [0, 0.1) is 0 Å². The Hall–Kier alpha value is -1.66. The van der Waals surface area contributed by atoms with E-state index < -0.39 is 0 Å². The summed E-state index contributed by atoms with van der Waals surface area (Å²) in [6, 6.07) is 10.1. The predicted octanol–water partition coefficient (Wildman–Crippen LogP) is 1.61. The third kappa shape index (κ3) is 4.99. The minimum atomic E-state index is -0.0547. The molecule has 114 valence electrons. The van der Waals surface area contributed by atoms with Crippen molar-refractivity contribution in [1.82, 2.24) is 10.2 Å². The maximum Gasteiger partial charge on any atom is 0.246 e. The number of benzene rings is 1. The summed E-state index contributed by atoms with van der Waals surface area (Å²) in [6.07, 6.45) is 1.79. The third-order valence-electron chi connectivity index (χ3n) is 3.45. The number of anilines is 1. The van der Waals surface area contributed by atoms with Gasteiger partial charge in [-0.05, 0) is 37.2 Å². The van der Waals surface area contributed by atoms with Crippen molar-refractivity contribution in [3.8, 4) is 0 Å². The molecule has 0 saturated carbocycles. The lowest BCUT2D eigenvalue weighted by molar-refractivity contribution is -0.125. The fraction of sp³-hybridized carbons (Fsp3) is 0.467. The van der Waals surface area contributed by atoms with Gasteiger partial charge >= 0.3 is 0 Å². The number of carbonyl (C=O) groups is 1. The van der Waals surface area contributed by atoms with Gasteiger partial charge in [-0.15, -0.1) is 0 Å². The van der Waals surface area contributed by atoms with Crippen LogP contribution in [0.3, 0.4) is 0 Å². The van der Waals surface area contributed by atoms with E-state index in [1.807, 2.05) is 30.3 Å². The Morgan fingerprint density at radius 1 is 1.33 bits per heavy atom. The van der Waals surface area contributed by atoms with Gasteiger partial charge in [0.05, 0.1) is 0 Å². The van der Waals surface area contributed by atoms with E-state index in [1.165, 1.54) is 7.11 Å². The number of carbonyl (C=O) groups excluding carboxylic acids is 1. The summed E-state index contributed by atoms with van der Waals surface area (Å²) in [5, 5.41) is 6.95. The molecule has 5 nitrogen and oxygen atoms in total. The Bertz CT molecular complexity index is 473. The first-order chi connectivity index (χ1) is 10.2. The van der Waals surface area contributed by atoms with E-state index in [0.29, 0.717) is 0 Å². The van der Waals surface area contributed by atoms with Crippen molar-refractivity contribution in [3.63, 3.8) is 0 Å². The van der Waals surface area contributed by atoms with Gasteiger partial charge in [0, 0.05) is 31.9 Å². The molecule has 0 aliphatic carbocycles. The van der Waals surface area contributed by atoms with Crippen LogP contribution >= 0.6 is 12.2 Å². The van der Waals surface area contributed by atoms with Gasteiger partial charge in [-0.25, -0.2) is 0 Å². The molecule has 0 unspecified atom stereocenters. The molecule has 6 heteroatoms. The Balaban J connectivity index is 1.75. The molecule has 1 amide bonds. The number of methoxy groups -OCH3 is 1. The van der Waals surface area contributed by atoms with Crippen LogP contribution in [0.15, 0.2) is 30.3 Å². The van der Waals surface area contributed by atoms with Crippen molar-refractivity contribution in [2.75, 3.05) is 32.1 Å². The van der Waals surface area contributed by atoms with Crippen molar-refractivity contribution >= 4 is 28.9 Å². The topological polar surface area (TPSA) is 53.6 Å². The summed E-state index contributed by atoms with van der Waals surface area (Å²) in [5.41, 5.74) is 0.998. The number of nitrogens with one attached hydrogen (secondary N) is 2. The normalized spacial score (nSPS) is 15.6. The highest BCUT2D eigenvalue weighted by Gasteiger charge is 2.22. The molecule has 0 bridgehead atoms. The van der Waals surface area contributed by atoms with Crippen LogP contribution in [-0.2, 0) is 9.53 Å². The Labute approximate surface area is 130 Å². The lowest BCUT2D eigenvalue weighted by Crippen LogP contribution is -2.48. The molecule has 1 aliphatic heterocycles. The zero-order valence-electron chi connectivity index (χ0n) is 12.2. The molecule has 1 aliphatic rings. The SMILES string of the molecule is COCC(=O)NC1CCN(C(=S)Nc2ccccc2)CC1. The second kappa shape index (κ2) is 7.95. The number of hydrogen-bond acceptors (Lipinski definition) is 3. The minimum Gasteiger partial charge on any atom is -0.375 e. The van der Waals surface area contributed by atoms with Gasteiger partial charge < -0.3 is 20.3 Å². The number of rotatable bonds is 4. The van der Waals surface area contributed by atoms with Gasteiger partial charge in [-0.1, -0.05) is 18.2 Å². The van der Waals surface area contributed by atoms with E-state index in [0.717, 1.165) is 36.7 Å². The van der Waals surface area contributed by atoms with Gasteiger partial charge in [0.15, 0.2) is 5.11 Å². The van der Waals surface area contributed by atoms with E-state index in [9.17, 15) is 4.79 Å². The molecule has 1 fully saturated rings. The number of likely N-dealkylation sites (tertiary alicyclic amines) is 1. The maximum absolute atomic E-state index is 11.5. The van der Waals surface area contributed by atoms with Crippen molar-refractivity contribution in [2.45, 2.75) is 18.9 Å². The smallest absolute Gasteiger partial charge is 0.246 e. The number of thiocarbonyl (C=S) groups is 1. The lowest BCUT2D eigenvalue weighted by atomic mass is 10.1. The number of nitrogens with zero attached hydrogens (tertiary/aromatic N) is 1. The average molecular weight is 307 g/mol. The molecular formula is C15H21N3O2S. The first-order valence-electron chi connectivity index (χ1n) is 7.08. The number of para-hydroxylation sites is 1. The maximum atomic E-state index is 11.5. The highest BCUT2D eigenvalue weighted by atomic mass is 32.1. The van der Waals surface area contributed by atoms with Gasteiger partial charge in [-0.2, -0.15) is 0 Å². The van der Waals surface area contributed by atoms with Gasteiger partial charge in [0.25, 0.3) is 0 Å². The number of hydrogen-bond donors (Lipinski definition) is 2. The van der Waals surface area contributed by atoms with Crippen LogP contribution < -0.4 is 10.6 Å². The fourth-order valence-electron chi connectivity index (χ4n) is 2.35. The standard InChI is InChI=1S/C15H21N3O2S/c1-20-11-14(19)16-13-7-9-18(10-8-13)15(21)17-12-5-3-2-4-6-12/h2-6,13H,7-11H2,1H3,(H,16,19)(H,17,21). The first kappa shape index (κ1) is 15.7. The highest BCUT2D eigenvalue weighted by Crippen LogP contribution is 2.13. The van der Waals surface area contributed by atoms with E-state index >= 15 is 0 Å². The average Bonchev–Trinajstić information content (AvgIpc) is 2.49. The van der Waals surface area contributed by atoms with Crippen molar-refractivity contribution in [2.24, 2.45) is 0 Å². The van der Waals surface area contributed by atoms with Gasteiger partial charge in [0.1, 0.15) is 6.61 Å². The van der Waals surface area contributed by atoms with Crippen molar-refractivity contribution < 1.29 is 9.53 Å². The summed E-state index contributed by atoms with van der Waals surface area (Å²) in [6.45, 7) is 1.81. The highest BCUT2D eigenvalue weighted by molar-refractivity contribution is 7.80. The molecule has 0 radical (unpaired) electrons. The fourth-order valence-corrected chi connectivity index (χ4v) is 2.65. The third-order valence-corrected chi connectivity index (χ3v) is 3.81. The zero-order chi connectivity index (χ0) is 15.1. The summed E-state index contributed by atoms with van der Waals surface area (Å²) in [7, 11) is 1.52. The minimum absolute atomic E-state index is 0.0547. The van der Waals surface area contributed by atoms with Crippen LogP contribution in [0.25, 0.3) is 0 Å². The van der Waals surface area contributed by atoms with Crippen LogP contribution in [0.5, 0.6) is 0 Å². The van der Waals surface area contributed by atoms with Gasteiger partial charge in [-0.3, -0.25) is 4.79 Å². The Morgan fingerprint density at radius 3 is 2.62 bits per heavy atom. The zero-order valence-corrected chi connectivity index (χ0v) is 13.0. The second-order valence-electron chi connectivity index (χ2n) is 5.06. The number of piperidine rings is 1. The first-order valence-corrected chi connectivity index (χ1v) is 7.49. The van der Waals surface area contributed by atoms with Crippen LogP contribution in [0.1, 0.15) is 12.8 Å². The lowest BCUT2D eigenvalue weighted by Gasteiger charge is -2.34. The molecule has 2 N–H and O–H groups in total. The van der Waals surface area contributed by atoms with Crippen LogP contribution in [-0.4, -0.2) is 48.8 Å². The van der Waals surface area contributed by atoms with Gasteiger partial charge in [0.2, 0.25) is 5.91 Å². The monoisotopic (exact) mass is 307 g/mol. The summed E-state index contributed by atoms with van der Waals surface area (Å²) in [4.78, 5) is 13.6. The second-order valence-corrected chi connectivity index (χ2v) is 5.44.